The van der Waals surface area contributed by atoms with Crippen molar-refractivity contribution in [1.82, 2.24) is 14.9 Å². The molecule has 0 unspecified atom stereocenters. The molecule has 1 saturated heterocycles. The van der Waals surface area contributed by atoms with Gasteiger partial charge in [0.2, 0.25) is 5.95 Å². The van der Waals surface area contributed by atoms with Gasteiger partial charge < -0.3 is 10.1 Å². The maximum absolute atomic E-state index is 5.34. The maximum atomic E-state index is 5.34. The summed E-state index contributed by atoms with van der Waals surface area (Å²) in [5, 5.41) is 3.32. The van der Waals surface area contributed by atoms with Gasteiger partial charge in [0.05, 0.1) is 13.2 Å². The van der Waals surface area contributed by atoms with Gasteiger partial charge in [0.15, 0.2) is 0 Å². The molecule has 0 saturated carbocycles. The summed E-state index contributed by atoms with van der Waals surface area (Å²) in [5.74, 6) is 1.18. The molecule has 1 aliphatic rings. The van der Waals surface area contributed by atoms with E-state index >= 15 is 0 Å². The third kappa shape index (κ3) is 4.44. The lowest BCUT2D eigenvalue weighted by Gasteiger charge is -2.26. The Hall–Kier alpha value is -1.20. The number of rotatable bonds is 5. The van der Waals surface area contributed by atoms with Crippen molar-refractivity contribution in [2.24, 2.45) is 0 Å². The van der Waals surface area contributed by atoms with Crippen LogP contribution in [-0.4, -0.2) is 54.3 Å². The van der Waals surface area contributed by atoms with E-state index < -0.39 is 0 Å². The molecule has 1 fully saturated rings. The molecule has 0 radical (unpaired) electrons. The van der Waals surface area contributed by atoms with Crippen LogP contribution in [0.1, 0.15) is 31.2 Å². The van der Waals surface area contributed by atoms with Crippen LogP contribution in [0, 0.1) is 6.92 Å². The van der Waals surface area contributed by atoms with E-state index in [9.17, 15) is 0 Å². The minimum absolute atomic E-state index is 0.432. The minimum Gasteiger partial charge on any atom is -0.379 e. The van der Waals surface area contributed by atoms with Crippen LogP contribution in [0.15, 0.2) is 6.07 Å². The Bertz CT molecular complexity index is 402. The van der Waals surface area contributed by atoms with E-state index in [0.717, 1.165) is 56.7 Å². The van der Waals surface area contributed by atoms with Crippen LogP contribution < -0.4 is 5.32 Å². The highest BCUT2D eigenvalue weighted by Gasteiger charge is 2.10. The van der Waals surface area contributed by atoms with Crippen molar-refractivity contribution in [3.05, 3.63) is 17.5 Å². The minimum atomic E-state index is 0.432. The SMILES string of the molecule is Cc1cc(C(C)C)nc(NCCN2CCOCC2)n1. The lowest BCUT2D eigenvalue weighted by Crippen LogP contribution is -2.39. The molecular weight excluding hydrogens is 240 g/mol. The van der Waals surface area contributed by atoms with E-state index in [1.165, 1.54) is 0 Å². The Labute approximate surface area is 115 Å². The third-order valence-electron chi connectivity index (χ3n) is 3.28. The monoisotopic (exact) mass is 264 g/mol. The Kier molecular flexibility index (Phi) is 5.10. The predicted octanol–water partition coefficient (Wildman–Crippen LogP) is 1.65. The molecule has 1 aromatic rings. The van der Waals surface area contributed by atoms with Crippen LogP contribution >= 0.6 is 0 Å². The van der Waals surface area contributed by atoms with Crippen molar-refractivity contribution in [3.63, 3.8) is 0 Å². The number of aryl methyl sites for hydroxylation is 1. The highest BCUT2D eigenvalue weighted by Crippen LogP contribution is 2.14. The van der Waals surface area contributed by atoms with Crippen LogP contribution in [0.25, 0.3) is 0 Å². The predicted molar refractivity (Wildman–Crippen MR) is 76.6 cm³/mol. The first-order valence-corrected chi connectivity index (χ1v) is 7.04. The summed E-state index contributed by atoms with van der Waals surface area (Å²) in [6.45, 7) is 11.9. The van der Waals surface area contributed by atoms with Crippen molar-refractivity contribution in [1.29, 1.82) is 0 Å². The molecule has 1 aliphatic heterocycles. The number of ether oxygens (including phenoxy) is 1. The Morgan fingerprint density at radius 3 is 2.74 bits per heavy atom. The first-order valence-electron chi connectivity index (χ1n) is 7.04. The zero-order chi connectivity index (χ0) is 13.7. The molecule has 2 rings (SSSR count). The van der Waals surface area contributed by atoms with Gasteiger partial charge in [0.25, 0.3) is 0 Å². The molecule has 0 aromatic carbocycles. The van der Waals surface area contributed by atoms with Gasteiger partial charge in [-0.05, 0) is 18.9 Å². The first kappa shape index (κ1) is 14.2. The number of hydrogen-bond acceptors (Lipinski definition) is 5. The van der Waals surface area contributed by atoms with E-state index in [4.69, 9.17) is 4.74 Å². The molecule has 1 N–H and O–H groups in total. The number of morpholine rings is 1. The zero-order valence-corrected chi connectivity index (χ0v) is 12.1. The molecule has 1 aromatic heterocycles. The van der Waals surface area contributed by atoms with E-state index in [2.05, 4.69) is 40.1 Å². The molecule has 5 nitrogen and oxygen atoms in total. The Morgan fingerprint density at radius 1 is 1.32 bits per heavy atom. The van der Waals surface area contributed by atoms with Gasteiger partial charge in [-0.25, -0.2) is 9.97 Å². The fourth-order valence-electron chi connectivity index (χ4n) is 2.12. The molecule has 5 heteroatoms. The lowest BCUT2D eigenvalue weighted by atomic mass is 10.1. The van der Waals surface area contributed by atoms with Gasteiger partial charge in [0, 0.05) is 37.6 Å². The van der Waals surface area contributed by atoms with Crippen molar-refractivity contribution < 1.29 is 4.74 Å². The molecule has 19 heavy (non-hydrogen) atoms. The summed E-state index contributed by atoms with van der Waals surface area (Å²) in [5.41, 5.74) is 2.12. The van der Waals surface area contributed by atoms with Crippen LogP contribution in [0.5, 0.6) is 0 Å². The van der Waals surface area contributed by atoms with Gasteiger partial charge >= 0.3 is 0 Å². The fraction of sp³-hybridized carbons (Fsp3) is 0.714. The second-order valence-electron chi connectivity index (χ2n) is 5.29. The van der Waals surface area contributed by atoms with Crippen LogP contribution in [0.3, 0.4) is 0 Å². The molecule has 0 bridgehead atoms. The second-order valence-corrected chi connectivity index (χ2v) is 5.29. The molecule has 0 amide bonds. The van der Waals surface area contributed by atoms with Crippen molar-refractivity contribution >= 4 is 5.95 Å². The average Bonchev–Trinajstić information content (AvgIpc) is 2.39. The molecule has 0 spiro atoms. The quantitative estimate of drug-likeness (QED) is 0.876. The largest absolute Gasteiger partial charge is 0.379 e. The fourth-order valence-corrected chi connectivity index (χ4v) is 2.12. The maximum Gasteiger partial charge on any atom is 0.223 e. The van der Waals surface area contributed by atoms with E-state index in [0.29, 0.717) is 5.92 Å². The zero-order valence-electron chi connectivity index (χ0n) is 12.1. The van der Waals surface area contributed by atoms with Crippen molar-refractivity contribution in [2.45, 2.75) is 26.7 Å². The Balaban J connectivity index is 1.84. The van der Waals surface area contributed by atoms with Gasteiger partial charge in [-0.1, -0.05) is 13.8 Å². The molecule has 106 valence electrons. The Morgan fingerprint density at radius 2 is 2.05 bits per heavy atom. The van der Waals surface area contributed by atoms with Crippen molar-refractivity contribution in [3.8, 4) is 0 Å². The summed E-state index contributed by atoms with van der Waals surface area (Å²) >= 11 is 0. The molecule has 0 aliphatic carbocycles. The van der Waals surface area contributed by atoms with Gasteiger partial charge in [-0.3, -0.25) is 4.90 Å². The standard InChI is InChI=1S/C14H24N4O/c1-11(2)13-10-12(3)16-14(17-13)15-4-5-18-6-8-19-9-7-18/h10-11H,4-9H2,1-3H3,(H,15,16,17). The number of anilines is 1. The van der Waals surface area contributed by atoms with Gasteiger partial charge in [-0.2, -0.15) is 0 Å². The summed E-state index contributed by atoms with van der Waals surface area (Å²) in [6.07, 6.45) is 0. The van der Waals surface area contributed by atoms with Gasteiger partial charge in [-0.15, -0.1) is 0 Å². The van der Waals surface area contributed by atoms with Gasteiger partial charge in [0.1, 0.15) is 0 Å². The van der Waals surface area contributed by atoms with E-state index in [1.807, 2.05) is 6.92 Å². The lowest BCUT2D eigenvalue weighted by molar-refractivity contribution is 0.0398. The number of nitrogens with one attached hydrogen (secondary N) is 1. The molecule has 2 heterocycles. The number of nitrogens with zero attached hydrogens (tertiary/aromatic N) is 3. The van der Waals surface area contributed by atoms with Crippen LogP contribution in [0.4, 0.5) is 5.95 Å². The molecular formula is C14H24N4O. The van der Waals surface area contributed by atoms with Crippen LogP contribution in [0.2, 0.25) is 0 Å². The van der Waals surface area contributed by atoms with Crippen molar-refractivity contribution in [2.75, 3.05) is 44.7 Å². The number of hydrogen-bond donors (Lipinski definition) is 1. The topological polar surface area (TPSA) is 50.3 Å². The summed E-state index contributed by atoms with van der Waals surface area (Å²) < 4.78 is 5.34. The summed E-state index contributed by atoms with van der Waals surface area (Å²) in [7, 11) is 0. The number of aromatic nitrogens is 2. The van der Waals surface area contributed by atoms with E-state index in [-0.39, 0.29) is 0 Å². The third-order valence-corrected chi connectivity index (χ3v) is 3.28. The average molecular weight is 264 g/mol. The highest BCUT2D eigenvalue weighted by atomic mass is 16.5. The van der Waals surface area contributed by atoms with Crippen LogP contribution in [-0.2, 0) is 4.74 Å². The summed E-state index contributed by atoms with van der Waals surface area (Å²) in [4.78, 5) is 11.4. The smallest absolute Gasteiger partial charge is 0.223 e. The second kappa shape index (κ2) is 6.82. The first-order chi connectivity index (χ1) is 9.15. The highest BCUT2D eigenvalue weighted by molar-refractivity contribution is 5.29. The van der Waals surface area contributed by atoms with E-state index in [1.54, 1.807) is 0 Å². The molecule has 0 atom stereocenters. The normalized spacial score (nSPS) is 16.8. The summed E-state index contributed by atoms with van der Waals surface area (Å²) in [6, 6.07) is 2.05.